The number of hydrogen-bond acceptors (Lipinski definition) is 4. The minimum atomic E-state index is -0.398. The highest BCUT2D eigenvalue weighted by molar-refractivity contribution is 6.02. The average molecular weight is 306 g/mol. The van der Waals surface area contributed by atoms with Crippen molar-refractivity contribution in [2.45, 2.75) is 34.1 Å². The van der Waals surface area contributed by atoms with Crippen LogP contribution in [0.15, 0.2) is 0 Å². The van der Waals surface area contributed by atoms with Crippen molar-refractivity contribution in [1.29, 1.82) is 0 Å². The molecule has 1 fully saturated rings. The number of esters is 1. The molecule has 5 nitrogen and oxygen atoms in total. The fraction of sp³-hybridized carbons (Fsp3) is 0.647. The van der Waals surface area contributed by atoms with E-state index in [0.29, 0.717) is 40.9 Å². The number of methoxy groups -OCH3 is 1. The van der Waals surface area contributed by atoms with Gasteiger partial charge in [0.25, 0.3) is 0 Å². The lowest BCUT2D eigenvalue weighted by Gasteiger charge is -2.34. The van der Waals surface area contributed by atoms with Crippen molar-refractivity contribution < 1.29 is 14.3 Å². The molecule has 122 valence electrons. The van der Waals surface area contributed by atoms with Crippen LogP contribution in [0.1, 0.15) is 52.4 Å². The molecule has 1 aromatic heterocycles. The van der Waals surface area contributed by atoms with Crippen LogP contribution < -0.4 is 0 Å². The van der Waals surface area contributed by atoms with Crippen LogP contribution in [0.2, 0.25) is 0 Å². The number of nitrogens with one attached hydrogen (secondary N) is 1. The molecular formula is C17H26N2O3. The molecule has 1 aliphatic rings. The summed E-state index contributed by atoms with van der Waals surface area (Å²) in [6.45, 7) is 10.4. The first-order valence-electron chi connectivity index (χ1n) is 7.86. The lowest BCUT2D eigenvalue weighted by atomic mass is 9.91. The molecule has 2 heterocycles. The van der Waals surface area contributed by atoms with E-state index in [1.54, 1.807) is 13.8 Å². The number of hydrogen-bond donors (Lipinski definition) is 1. The van der Waals surface area contributed by atoms with Crippen LogP contribution in [0.25, 0.3) is 0 Å². The van der Waals surface area contributed by atoms with Gasteiger partial charge in [0.15, 0.2) is 5.78 Å². The monoisotopic (exact) mass is 306 g/mol. The summed E-state index contributed by atoms with van der Waals surface area (Å²) < 4.78 is 4.79. The van der Waals surface area contributed by atoms with Crippen molar-refractivity contribution in [3.05, 3.63) is 22.5 Å². The molecule has 0 unspecified atom stereocenters. The molecule has 1 N–H and O–H groups in total. The number of ether oxygens (including phenoxy) is 1. The zero-order valence-corrected chi connectivity index (χ0v) is 14.2. The second kappa shape index (κ2) is 6.65. The maximum Gasteiger partial charge on any atom is 0.339 e. The number of likely N-dealkylation sites (tertiary alicyclic amines) is 1. The first-order chi connectivity index (χ1) is 10.3. The van der Waals surface area contributed by atoms with Crippen molar-refractivity contribution in [3.63, 3.8) is 0 Å². The molecule has 0 aromatic carbocycles. The van der Waals surface area contributed by atoms with E-state index in [2.05, 4.69) is 23.7 Å². The van der Waals surface area contributed by atoms with Crippen LogP contribution in [0.5, 0.6) is 0 Å². The Morgan fingerprint density at radius 1 is 1.23 bits per heavy atom. The van der Waals surface area contributed by atoms with Crippen LogP contribution in [0, 0.1) is 25.7 Å². The zero-order valence-electron chi connectivity index (χ0n) is 14.2. The number of aromatic nitrogens is 1. The largest absolute Gasteiger partial charge is 0.465 e. The molecule has 0 radical (unpaired) electrons. The summed E-state index contributed by atoms with van der Waals surface area (Å²) >= 11 is 0. The van der Waals surface area contributed by atoms with Gasteiger partial charge in [0.1, 0.15) is 0 Å². The first kappa shape index (κ1) is 16.7. The van der Waals surface area contributed by atoms with E-state index in [1.807, 2.05) is 0 Å². The Balaban J connectivity index is 2.15. The molecule has 0 spiro atoms. The fourth-order valence-electron chi connectivity index (χ4n) is 3.64. The van der Waals surface area contributed by atoms with E-state index in [9.17, 15) is 9.59 Å². The van der Waals surface area contributed by atoms with Crippen molar-refractivity contribution >= 4 is 11.8 Å². The van der Waals surface area contributed by atoms with Crippen LogP contribution in [0.4, 0.5) is 0 Å². The standard InChI is InChI=1S/C17H26N2O3/c1-10-6-11(2)8-19(7-10)9-14(20)16-12(3)15(13(4)18-16)17(21)22-5/h10-11,18H,6-9H2,1-5H3/t10-,11-/m1/s1. The van der Waals surface area contributed by atoms with E-state index in [4.69, 9.17) is 4.74 Å². The SMILES string of the molecule is COC(=O)c1c(C)[nH]c(C(=O)CN2C[C@H](C)C[C@@H](C)C2)c1C. The second-order valence-electron chi connectivity index (χ2n) is 6.68. The van der Waals surface area contributed by atoms with Gasteiger partial charge in [-0.25, -0.2) is 4.79 Å². The van der Waals surface area contributed by atoms with Gasteiger partial charge in [-0.3, -0.25) is 9.69 Å². The third-order valence-electron chi connectivity index (χ3n) is 4.42. The highest BCUT2D eigenvalue weighted by atomic mass is 16.5. The lowest BCUT2D eigenvalue weighted by molar-refractivity contribution is 0.0599. The first-order valence-corrected chi connectivity index (χ1v) is 7.86. The summed E-state index contributed by atoms with van der Waals surface area (Å²) in [6, 6.07) is 0. The number of carbonyl (C=O) groups is 2. The molecule has 2 atom stereocenters. The third-order valence-corrected chi connectivity index (χ3v) is 4.42. The van der Waals surface area contributed by atoms with Gasteiger partial charge in [-0.05, 0) is 37.7 Å². The average Bonchev–Trinajstić information content (AvgIpc) is 2.72. The molecule has 1 saturated heterocycles. The molecule has 2 rings (SSSR count). The molecule has 0 bridgehead atoms. The maximum atomic E-state index is 12.6. The van der Waals surface area contributed by atoms with Crippen LogP contribution >= 0.6 is 0 Å². The smallest absolute Gasteiger partial charge is 0.339 e. The Bertz CT molecular complexity index is 567. The number of carbonyl (C=O) groups excluding carboxylic acids is 2. The summed E-state index contributed by atoms with van der Waals surface area (Å²) in [5, 5.41) is 0. The minimum Gasteiger partial charge on any atom is -0.465 e. The molecule has 1 aliphatic heterocycles. The van der Waals surface area contributed by atoms with Gasteiger partial charge in [-0.15, -0.1) is 0 Å². The fourth-order valence-corrected chi connectivity index (χ4v) is 3.64. The number of ketones is 1. The van der Waals surface area contributed by atoms with Crippen LogP contribution in [-0.2, 0) is 4.74 Å². The summed E-state index contributed by atoms with van der Waals surface area (Å²) in [6.07, 6.45) is 1.22. The van der Waals surface area contributed by atoms with Gasteiger partial charge in [0.2, 0.25) is 0 Å². The van der Waals surface area contributed by atoms with Gasteiger partial charge in [-0.2, -0.15) is 0 Å². The molecule has 22 heavy (non-hydrogen) atoms. The van der Waals surface area contributed by atoms with E-state index >= 15 is 0 Å². The van der Waals surface area contributed by atoms with Crippen molar-refractivity contribution in [3.8, 4) is 0 Å². The number of rotatable bonds is 4. The van der Waals surface area contributed by atoms with E-state index in [-0.39, 0.29) is 5.78 Å². The zero-order chi connectivity index (χ0) is 16.4. The molecule has 5 heteroatoms. The van der Waals surface area contributed by atoms with E-state index < -0.39 is 5.97 Å². The van der Waals surface area contributed by atoms with Crippen molar-refractivity contribution in [2.75, 3.05) is 26.7 Å². The topological polar surface area (TPSA) is 62.4 Å². The molecular weight excluding hydrogens is 280 g/mol. The van der Waals surface area contributed by atoms with Gasteiger partial charge in [0, 0.05) is 18.8 Å². The lowest BCUT2D eigenvalue weighted by Crippen LogP contribution is -2.41. The Kier molecular flexibility index (Phi) is 5.06. The highest BCUT2D eigenvalue weighted by Gasteiger charge is 2.27. The number of piperidine rings is 1. The maximum absolute atomic E-state index is 12.6. The quantitative estimate of drug-likeness (QED) is 0.686. The van der Waals surface area contributed by atoms with E-state index in [1.165, 1.54) is 13.5 Å². The molecule has 1 aromatic rings. The second-order valence-corrected chi connectivity index (χ2v) is 6.68. The summed E-state index contributed by atoms with van der Waals surface area (Å²) in [7, 11) is 1.35. The summed E-state index contributed by atoms with van der Waals surface area (Å²) in [5.41, 5.74) is 2.38. The number of nitrogens with zero attached hydrogens (tertiary/aromatic N) is 1. The molecule has 0 saturated carbocycles. The van der Waals surface area contributed by atoms with Gasteiger partial charge >= 0.3 is 5.97 Å². The van der Waals surface area contributed by atoms with Gasteiger partial charge in [-0.1, -0.05) is 13.8 Å². The Labute approximate surface area is 132 Å². The van der Waals surface area contributed by atoms with Crippen molar-refractivity contribution in [1.82, 2.24) is 9.88 Å². The van der Waals surface area contributed by atoms with Gasteiger partial charge in [0.05, 0.1) is 24.9 Å². The summed E-state index contributed by atoms with van der Waals surface area (Å²) in [5.74, 6) is 0.880. The van der Waals surface area contributed by atoms with Crippen LogP contribution in [-0.4, -0.2) is 48.4 Å². The number of aryl methyl sites for hydroxylation is 1. The van der Waals surface area contributed by atoms with E-state index in [0.717, 1.165) is 13.1 Å². The third kappa shape index (κ3) is 3.40. The Morgan fingerprint density at radius 3 is 2.36 bits per heavy atom. The van der Waals surface area contributed by atoms with Crippen molar-refractivity contribution in [2.24, 2.45) is 11.8 Å². The van der Waals surface area contributed by atoms with Crippen LogP contribution in [0.3, 0.4) is 0 Å². The highest BCUT2D eigenvalue weighted by Crippen LogP contribution is 2.23. The van der Waals surface area contributed by atoms with Gasteiger partial charge < -0.3 is 9.72 Å². The number of Topliss-reactive ketones (excluding diaryl/α,β-unsaturated/α-hetero) is 1. The predicted octanol–water partition coefficient (Wildman–Crippen LogP) is 2.58. The minimum absolute atomic E-state index is 0.0389. The Hall–Kier alpha value is -1.62. The Morgan fingerprint density at radius 2 is 1.82 bits per heavy atom. The number of H-pyrrole nitrogens is 1. The molecule has 0 amide bonds. The molecule has 0 aliphatic carbocycles. The normalized spacial score (nSPS) is 22.6. The summed E-state index contributed by atoms with van der Waals surface area (Å²) in [4.78, 5) is 29.7. The number of aromatic amines is 1. The predicted molar refractivity (Wildman–Crippen MR) is 85.3 cm³/mol.